The predicted molar refractivity (Wildman–Crippen MR) is 78.1 cm³/mol. The van der Waals surface area contributed by atoms with Crippen molar-refractivity contribution in [1.82, 2.24) is 25.1 Å². The normalized spacial score (nSPS) is 18.8. The lowest BCUT2D eigenvalue weighted by molar-refractivity contribution is -0.120. The molecule has 1 fully saturated rings. The highest BCUT2D eigenvalue weighted by Crippen LogP contribution is 2.19. The van der Waals surface area contributed by atoms with Crippen LogP contribution in [0.3, 0.4) is 0 Å². The number of benzene rings is 1. The van der Waals surface area contributed by atoms with Crippen molar-refractivity contribution >= 4 is 11.6 Å². The van der Waals surface area contributed by atoms with Gasteiger partial charge in [0.2, 0.25) is 5.91 Å². The summed E-state index contributed by atoms with van der Waals surface area (Å²) < 4.78 is 1.56. The average molecular weight is 286 g/mol. The van der Waals surface area contributed by atoms with Gasteiger partial charge in [0.15, 0.2) is 0 Å². The fourth-order valence-electron chi connectivity index (χ4n) is 2.73. The Kier molecular flexibility index (Phi) is 3.92. The highest BCUT2D eigenvalue weighted by Gasteiger charge is 2.29. The molecule has 1 saturated heterocycles. The van der Waals surface area contributed by atoms with E-state index in [0.29, 0.717) is 0 Å². The van der Waals surface area contributed by atoms with Gasteiger partial charge in [-0.15, -0.1) is 5.10 Å². The van der Waals surface area contributed by atoms with Crippen LogP contribution in [0.2, 0.25) is 0 Å². The van der Waals surface area contributed by atoms with E-state index in [1.807, 2.05) is 24.3 Å². The van der Waals surface area contributed by atoms with Crippen LogP contribution in [-0.2, 0) is 4.79 Å². The van der Waals surface area contributed by atoms with Gasteiger partial charge < -0.3 is 5.32 Å². The van der Waals surface area contributed by atoms with E-state index >= 15 is 0 Å². The van der Waals surface area contributed by atoms with Crippen molar-refractivity contribution in [2.75, 3.05) is 18.4 Å². The van der Waals surface area contributed by atoms with Crippen LogP contribution in [0.4, 0.5) is 5.69 Å². The molecule has 3 rings (SSSR count). The van der Waals surface area contributed by atoms with Crippen LogP contribution in [-0.4, -0.2) is 50.1 Å². The summed E-state index contributed by atoms with van der Waals surface area (Å²) in [5, 5.41) is 14.1. The van der Waals surface area contributed by atoms with Crippen molar-refractivity contribution in [1.29, 1.82) is 0 Å². The Morgan fingerprint density at radius 2 is 2.38 bits per heavy atom. The Labute approximate surface area is 122 Å². The number of aromatic nitrogens is 4. The number of carbonyl (C=O) groups excluding carboxylic acids is 1. The first-order valence-electron chi connectivity index (χ1n) is 7.16. The van der Waals surface area contributed by atoms with E-state index in [2.05, 4.69) is 32.7 Å². The molecule has 0 spiro atoms. The summed E-state index contributed by atoms with van der Waals surface area (Å²) >= 11 is 0. The minimum atomic E-state index is -0.0216. The topological polar surface area (TPSA) is 75.9 Å². The van der Waals surface area contributed by atoms with Gasteiger partial charge in [-0.2, -0.15) is 0 Å². The lowest BCUT2D eigenvalue weighted by atomic mass is 10.2. The van der Waals surface area contributed by atoms with Crippen molar-refractivity contribution < 1.29 is 4.79 Å². The molecule has 0 aliphatic carbocycles. The molecular formula is C14H18N6O. The zero-order chi connectivity index (χ0) is 14.7. The van der Waals surface area contributed by atoms with Crippen molar-refractivity contribution in [3.63, 3.8) is 0 Å². The predicted octanol–water partition coefficient (Wildman–Crippen LogP) is 1.09. The highest BCUT2D eigenvalue weighted by molar-refractivity contribution is 5.95. The number of tetrazole rings is 1. The molecule has 1 aliphatic rings. The van der Waals surface area contributed by atoms with Crippen LogP contribution in [0.15, 0.2) is 30.6 Å². The second-order valence-electron chi connectivity index (χ2n) is 5.08. The van der Waals surface area contributed by atoms with E-state index in [-0.39, 0.29) is 11.9 Å². The van der Waals surface area contributed by atoms with Crippen molar-refractivity contribution in [3.8, 4) is 5.69 Å². The Morgan fingerprint density at radius 1 is 1.48 bits per heavy atom. The molecule has 0 bridgehead atoms. The molecule has 0 saturated carbocycles. The van der Waals surface area contributed by atoms with Gasteiger partial charge in [0, 0.05) is 5.69 Å². The second-order valence-corrected chi connectivity index (χ2v) is 5.08. The van der Waals surface area contributed by atoms with Crippen LogP contribution in [0.25, 0.3) is 5.69 Å². The molecular weight excluding hydrogens is 268 g/mol. The Balaban J connectivity index is 1.73. The van der Waals surface area contributed by atoms with Crippen LogP contribution < -0.4 is 5.32 Å². The van der Waals surface area contributed by atoms with Gasteiger partial charge in [0.1, 0.15) is 6.33 Å². The molecule has 2 aromatic rings. The smallest absolute Gasteiger partial charge is 0.241 e. The van der Waals surface area contributed by atoms with Gasteiger partial charge in [-0.05, 0) is 54.6 Å². The zero-order valence-electron chi connectivity index (χ0n) is 11.9. The van der Waals surface area contributed by atoms with Gasteiger partial charge in [0.25, 0.3) is 0 Å². The minimum absolute atomic E-state index is 0.0216. The Hall–Kier alpha value is -2.28. The summed E-state index contributed by atoms with van der Waals surface area (Å²) in [6.45, 7) is 3.99. The van der Waals surface area contributed by atoms with E-state index in [9.17, 15) is 4.79 Å². The number of anilines is 1. The van der Waals surface area contributed by atoms with Crippen LogP contribution in [0.5, 0.6) is 0 Å². The molecule has 1 aromatic heterocycles. The molecule has 21 heavy (non-hydrogen) atoms. The maximum atomic E-state index is 12.4. The van der Waals surface area contributed by atoms with Gasteiger partial charge >= 0.3 is 0 Å². The fourth-order valence-corrected chi connectivity index (χ4v) is 2.73. The molecule has 1 amide bonds. The number of likely N-dealkylation sites (N-methyl/N-ethyl adjacent to an activating group) is 1. The third kappa shape index (κ3) is 2.92. The number of rotatable bonds is 4. The summed E-state index contributed by atoms with van der Waals surface area (Å²) in [4.78, 5) is 14.6. The summed E-state index contributed by atoms with van der Waals surface area (Å²) in [6, 6.07) is 7.47. The molecule has 110 valence electrons. The molecule has 1 aromatic carbocycles. The number of nitrogens with one attached hydrogen (secondary N) is 1. The quantitative estimate of drug-likeness (QED) is 0.910. The van der Waals surface area contributed by atoms with Gasteiger partial charge in [-0.1, -0.05) is 13.0 Å². The largest absolute Gasteiger partial charge is 0.325 e. The molecule has 1 N–H and O–H groups in total. The minimum Gasteiger partial charge on any atom is -0.325 e. The molecule has 1 unspecified atom stereocenters. The Bertz CT molecular complexity index is 612. The zero-order valence-corrected chi connectivity index (χ0v) is 11.9. The van der Waals surface area contributed by atoms with Crippen molar-refractivity contribution in [3.05, 3.63) is 30.6 Å². The standard InChI is InChI=1S/C14H18N6O/c1-2-19-8-4-7-13(19)14(21)16-11-5-3-6-12(9-11)20-10-15-17-18-20/h3,5-6,9-10,13H,2,4,7-8H2,1H3,(H,16,21). The Morgan fingerprint density at radius 3 is 3.14 bits per heavy atom. The number of likely N-dealkylation sites (tertiary alicyclic amines) is 1. The number of carbonyl (C=O) groups is 1. The van der Waals surface area contributed by atoms with Crippen LogP contribution in [0.1, 0.15) is 19.8 Å². The number of hydrogen-bond donors (Lipinski definition) is 1. The average Bonchev–Trinajstić information content (AvgIpc) is 3.18. The first kappa shape index (κ1) is 13.7. The van der Waals surface area contributed by atoms with Gasteiger partial charge in [-0.3, -0.25) is 9.69 Å². The van der Waals surface area contributed by atoms with Crippen molar-refractivity contribution in [2.24, 2.45) is 0 Å². The summed E-state index contributed by atoms with van der Waals surface area (Å²) in [5.41, 5.74) is 1.58. The summed E-state index contributed by atoms with van der Waals surface area (Å²) in [5.74, 6) is 0.0585. The first-order chi connectivity index (χ1) is 10.3. The lowest BCUT2D eigenvalue weighted by Crippen LogP contribution is -2.39. The van der Waals surface area contributed by atoms with E-state index in [1.165, 1.54) is 6.33 Å². The third-order valence-electron chi connectivity index (χ3n) is 3.80. The number of amides is 1. The molecule has 2 heterocycles. The van der Waals surface area contributed by atoms with Crippen LogP contribution >= 0.6 is 0 Å². The molecule has 0 radical (unpaired) electrons. The number of nitrogens with zero attached hydrogens (tertiary/aromatic N) is 5. The fraction of sp³-hybridized carbons (Fsp3) is 0.429. The van der Waals surface area contributed by atoms with E-state index < -0.39 is 0 Å². The van der Waals surface area contributed by atoms with E-state index in [0.717, 1.165) is 37.3 Å². The molecule has 7 nitrogen and oxygen atoms in total. The van der Waals surface area contributed by atoms with Gasteiger partial charge in [-0.25, -0.2) is 4.68 Å². The van der Waals surface area contributed by atoms with E-state index in [4.69, 9.17) is 0 Å². The second kappa shape index (κ2) is 6.01. The maximum absolute atomic E-state index is 12.4. The summed E-state index contributed by atoms with van der Waals surface area (Å²) in [7, 11) is 0. The molecule has 7 heteroatoms. The summed E-state index contributed by atoms with van der Waals surface area (Å²) in [6.07, 6.45) is 3.53. The maximum Gasteiger partial charge on any atom is 0.241 e. The van der Waals surface area contributed by atoms with Crippen LogP contribution in [0, 0.1) is 0 Å². The third-order valence-corrected chi connectivity index (χ3v) is 3.80. The molecule has 1 atom stereocenters. The van der Waals surface area contributed by atoms with E-state index in [1.54, 1.807) is 4.68 Å². The highest BCUT2D eigenvalue weighted by atomic mass is 16.2. The lowest BCUT2D eigenvalue weighted by Gasteiger charge is -2.21. The first-order valence-corrected chi connectivity index (χ1v) is 7.16. The number of hydrogen-bond acceptors (Lipinski definition) is 5. The SMILES string of the molecule is CCN1CCCC1C(=O)Nc1cccc(-n2cnnn2)c1. The molecule has 1 aliphatic heterocycles. The monoisotopic (exact) mass is 286 g/mol. The van der Waals surface area contributed by atoms with Crippen molar-refractivity contribution in [2.45, 2.75) is 25.8 Å². The van der Waals surface area contributed by atoms with Gasteiger partial charge in [0.05, 0.1) is 11.7 Å².